The normalized spacial score (nSPS) is 15.9. The zero-order chi connectivity index (χ0) is 20.1. The number of aryl methyl sites for hydroxylation is 1. The van der Waals surface area contributed by atoms with Gasteiger partial charge in [-0.1, -0.05) is 41.8 Å². The summed E-state index contributed by atoms with van der Waals surface area (Å²) >= 11 is 1.22. The van der Waals surface area contributed by atoms with Gasteiger partial charge in [0, 0.05) is 25.6 Å². The summed E-state index contributed by atoms with van der Waals surface area (Å²) in [7, 11) is -3.46. The average molecular weight is 417 g/mol. The molecule has 0 bridgehead atoms. The van der Waals surface area contributed by atoms with Gasteiger partial charge >= 0.3 is 0 Å². The van der Waals surface area contributed by atoms with Gasteiger partial charge < -0.3 is 4.90 Å². The number of hydrogen-bond acceptors (Lipinski definition) is 4. The molecule has 3 rings (SSSR count). The maximum absolute atomic E-state index is 13.0. The van der Waals surface area contributed by atoms with Crippen molar-refractivity contribution in [3.05, 3.63) is 52.9 Å². The lowest BCUT2D eigenvalue weighted by atomic mass is 9.96. The predicted molar refractivity (Wildman–Crippen MR) is 111 cm³/mol. The van der Waals surface area contributed by atoms with Crippen molar-refractivity contribution in [1.29, 1.82) is 0 Å². The lowest BCUT2D eigenvalue weighted by Gasteiger charge is -2.33. The van der Waals surface area contributed by atoms with E-state index >= 15 is 0 Å². The molecule has 1 amide bonds. The number of terminal acetylenes is 1. The topological polar surface area (TPSA) is 57.7 Å². The molecule has 0 N–H and O–H groups in total. The van der Waals surface area contributed by atoms with Crippen molar-refractivity contribution in [2.75, 3.05) is 19.6 Å². The molecular formula is C21H24N2O3S2. The van der Waals surface area contributed by atoms with Gasteiger partial charge in [0.2, 0.25) is 5.91 Å². The van der Waals surface area contributed by atoms with E-state index < -0.39 is 10.0 Å². The Morgan fingerprint density at radius 1 is 1.25 bits per heavy atom. The van der Waals surface area contributed by atoms with Crippen molar-refractivity contribution in [3.63, 3.8) is 0 Å². The first-order valence-electron chi connectivity index (χ1n) is 9.23. The molecule has 148 valence electrons. The summed E-state index contributed by atoms with van der Waals surface area (Å²) in [6.07, 6.45) is 6.50. The number of sulfonamides is 1. The minimum Gasteiger partial charge on any atom is -0.327 e. The van der Waals surface area contributed by atoms with Gasteiger partial charge in [0.05, 0.1) is 6.54 Å². The molecule has 0 saturated carbocycles. The molecule has 0 radical (unpaired) electrons. The molecule has 0 atom stereocenters. The smallest absolute Gasteiger partial charge is 0.252 e. The highest BCUT2D eigenvalue weighted by Crippen LogP contribution is 2.27. The average Bonchev–Trinajstić information content (AvgIpc) is 3.25. The first-order valence-corrected chi connectivity index (χ1v) is 11.5. The Balaban J connectivity index is 1.64. The summed E-state index contributed by atoms with van der Waals surface area (Å²) in [4.78, 5) is 14.7. The molecule has 0 aliphatic carbocycles. The Labute approximate surface area is 171 Å². The fourth-order valence-corrected chi connectivity index (χ4v) is 5.99. The molecule has 5 nitrogen and oxygen atoms in total. The summed E-state index contributed by atoms with van der Waals surface area (Å²) in [5, 5.41) is 1.76. The van der Waals surface area contributed by atoms with E-state index in [4.69, 9.17) is 6.42 Å². The molecule has 0 unspecified atom stereocenters. The number of carbonyl (C=O) groups excluding carboxylic acids is 1. The standard InChI is InChI=1S/C21H24N2O3S2/c1-3-12-22(16-18-8-6-17(2)7-9-18)21(24)19-10-13-23(14-11-19)28(25,26)20-5-4-15-27-20/h1,4-9,15,19H,10-14,16H2,2H3. The summed E-state index contributed by atoms with van der Waals surface area (Å²) in [6.45, 7) is 3.44. The molecule has 1 aliphatic rings. The number of thiophene rings is 1. The summed E-state index contributed by atoms with van der Waals surface area (Å²) < 4.78 is 27.1. The van der Waals surface area contributed by atoms with Crippen LogP contribution in [0, 0.1) is 25.2 Å². The molecular weight excluding hydrogens is 392 g/mol. The predicted octanol–water partition coefficient (Wildman–Crippen LogP) is 3.12. The summed E-state index contributed by atoms with van der Waals surface area (Å²) in [6, 6.07) is 11.4. The second-order valence-corrected chi connectivity index (χ2v) is 10.1. The van der Waals surface area contributed by atoms with Gasteiger partial charge in [0.1, 0.15) is 4.21 Å². The van der Waals surface area contributed by atoms with E-state index in [9.17, 15) is 13.2 Å². The second kappa shape index (κ2) is 8.91. The Morgan fingerprint density at radius 2 is 1.93 bits per heavy atom. The highest BCUT2D eigenvalue weighted by molar-refractivity contribution is 7.91. The van der Waals surface area contributed by atoms with Crippen LogP contribution in [0.5, 0.6) is 0 Å². The Morgan fingerprint density at radius 3 is 2.50 bits per heavy atom. The van der Waals surface area contributed by atoms with E-state index in [2.05, 4.69) is 5.92 Å². The molecule has 1 aromatic carbocycles. The van der Waals surface area contributed by atoms with Crippen LogP contribution in [0.2, 0.25) is 0 Å². The van der Waals surface area contributed by atoms with E-state index in [-0.39, 0.29) is 18.4 Å². The van der Waals surface area contributed by atoms with Crippen LogP contribution in [0.1, 0.15) is 24.0 Å². The molecule has 2 aromatic rings. The van der Waals surface area contributed by atoms with Crippen molar-refractivity contribution in [1.82, 2.24) is 9.21 Å². The van der Waals surface area contributed by atoms with Crippen molar-refractivity contribution < 1.29 is 13.2 Å². The van der Waals surface area contributed by atoms with Crippen molar-refractivity contribution in [2.24, 2.45) is 5.92 Å². The van der Waals surface area contributed by atoms with Gasteiger partial charge in [-0.05, 0) is 36.8 Å². The van der Waals surface area contributed by atoms with Crippen molar-refractivity contribution in [2.45, 2.75) is 30.5 Å². The lowest BCUT2D eigenvalue weighted by Crippen LogP contribution is -2.44. The largest absolute Gasteiger partial charge is 0.327 e. The van der Waals surface area contributed by atoms with Crippen LogP contribution >= 0.6 is 11.3 Å². The lowest BCUT2D eigenvalue weighted by molar-refractivity contribution is -0.136. The number of hydrogen-bond donors (Lipinski definition) is 0. The first kappa shape index (κ1) is 20.6. The van der Waals surface area contributed by atoms with Crippen molar-refractivity contribution in [3.8, 4) is 12.3 Å². The quantitative estimate of drug-likeness (QED) is 0.680. The van der Waals surface area contributed by atoms with Gasteiger partial charge in [-0.2, -0.15) is 4.31 Å². The summed E-state index contributed by atoms with van der Waals surface area (Å²) in [5.74, 6) is 2.38. The molecule has 2 heterocycles. The Kier molecular flexibility index (Phi) is 6.55. The van der Waals surface area contributed by atoms with Gasteiger partial charge in [0.25, 0.3) is 10.0 Å². The SMILES string of the molecule is C#CCN(Cc1ccc(C)cc1)C(=O)C1CCN(S(=O)(=O)c2cccs2)CC1. The van der Waals surface area contributed by atoms with Gasteiger partial charge in [-0.3, -0.25) is 4.79 Å². The fourth-order valence-electron chi connectivity index (χ4n) is 3.37. The van der Waals surface area contributed by atoms with Crippen LogP contribution in [0.25, 0.3) is 0 Å². The molecule has 28 heavy (non-hydrogen) atoms. The number of rotatable bonds is 6. The summed E-state index contributed by atoms with van der Waals surface area (Å²) in [5.41, 5.74) is 2.20. The van der Waals surface area contributed by atoms with Gasteiger partial charge in [-0.15, -0.1) is 17.8 Å². The van der Waals surface area contributed by atoms with E-state index in [1.54, 1.807) is 22.4 Å². The van der Waals surface area contributed by atoms with Crippen LogP contribution in [0.4, 0.5) is 0 Å². The highest BCUT2D eigenvalue weighted by Gasteiger charge is 2.34. The highest BCUT2D eigenvalue weighted by atomic mass is 32.2. The fraction of sp³-hybridized carbons (Fsp3) is 0.381. The second-order valence-electron chi connectivity index (χ2n) is 6.99. The zero-order valence-corrected chi connectivity index (χ0v) is 17.5. The first-order chi connectivity index (χ1) is 13.4. The number of benzene rings is 1. The van der Waals surface area contributed by atoms with Crippen LogP contribution in [0.15, 0.2) is 46.0 Å². The number of carbonyl (C=O) groups is 1. The minimum absolute atomic E-state index is 0.00620. The van der Waals surface area contributed by atoms with E-state index in [1.165, 1.54) is 15.6 Å². The molecule has 1 saturated heterocycles. The third-order valence-corrected chi connectivity index (χ3v) is 8.25. The molecule has 0 spiro atoms. The van der Waals surface area contributed by atoms with E-state index in [1.807, 2.05) is 31.2 Å². The molecule has 7 heteroatoms. The van der Waals surface area contributed by atoms with E-state index in [0.717, 1.165) is 11.1 Å². The number of piperidine rings is 1. The van der Waals surface area contributed by atoms with Crippen LogP contribution in [-0.4, -0.2) is 43.2 Å². The molecule has 1 fully saturated rings. The maximum atomic E-state index is 13.0. The number of nitrogens with zero attached hydrogens (tertiary/aromatic N) is 2. The van der Waals surface area contributed by atoms with Crippen LogP contribution in [-0.2, 0) is 21.4 Å². The van der Waals surface area contributed by atoms with Gasteiger partial charge in [0.15, 0.2) is 0 Å². The van der Waals surface area contributed by atoms with Crippen LogP contribution in [0.3, 0.4) is 0 Å². The number of amides is 1. The van der Waals surface area contributed by atoms with Crippen LogP contribution < -0.4 is 0 Å². The molecule has 1 aliphatic heterocycles. The third kappa shape index (κ3) is 4.64. The minimum atomic E-state index is -3.46. The monoisotopic (exact) mass is 416 g/mol. The Hall–Kier alpha value is -2.14. The molecule has 1 aromatic heterocycles. The van der Waals surface area contributed by atoms with Crippen molar-refractivity contribution >= 4 is 27.3 Å². The van der Waals surface area contributed by atoms with E-state index in [0.29, 0.717) is 36.7 Å². The zero-order valence-electron chi connectivity index (χ0n) is 15.9. The Bertz CT molecular complexity index is 937. The maximum Gasteiger partial charge on any atom is 0.252 e. The third-order valence-electron chi connectivity index (χ3n) is 4.98. The van der Waals surface area contributed by atoms with Gasteiger partial charge in [-0.25, -0.2) is 8.42 Å².